The summed E-state index contributed by atoms with van der Waals surface area (Å²) in [5, 5.41) is 9.11. The van der Waals surface area contributed by atoms with Gasteiger partial charge in [0.15, 0.2) is 5.41 Å². The van der Waals surface area contributed by atoms with Crippen LogP contribution < -0.4 is 0 Å². The van der Waals surface area contributed by atoms with Gasteiger partial charge in [0, 0.05) is 13.1 Å². The van der Waals surface area contributed by atoms with Crippen molar-refractivity contribution in [3.05, 3.63) is 0 Å². The Morgan fingerprint density at radius 2 is 2.06 bits per heavy atom. The zero-order valence-corrected chi connectivity index (χ0v) is 10.5. The summed E-state index contributed by atoms with van der Waals surface area (Å²) in [7, 11) is 3.91. The minimum Gasteiger partial charge on any atom is -0.377 e. The molecule has 2 aliphatic rings. The molecular formula is C12H19N3O2. The van der Waals surface area contributed by atoms with Gasteiger partial charge in [0.05, 0.1) is 19.3 Å². The van der Waals surface area contributed by atoms with Crippen LogP contribution in [0.15, 0.2) is 0 Å². The maximum Gasteiger partial charge on any atom is 0.247 e. The average molecular weight is 237 g/mol. The van der Waals surface area contributed by atoms with Gasteiger partial charge in [0.1, 0.15) is 0 Å². The highest BCUT2D eigenvalue weighted by atomic mass is 16.5. The van der Waals surface area contributed by atoms with Gasteiger partial charge in [0.25, 0.3) is 0 Å². The molecule has 0 radical (unpaired) electrons. The van der Waals surface area contributed by atoms with Gasteiger partial charge in [-0.3, -0.25) is 4.79 Å². The van der Waals surface area contributed by atoms with E-state index in [-0.39, 0.29) is 25.2 Å². The van der Waals surface area contributed by atoms with Crippen molar-refractivity contribution in [3.8, 4) is 6.07 Å². The number of hydrogen-bond acceptors (Lipinski definition) is 4. The van der Waals surface area contributed by atoms with E-state index in [1.54, 1.807) is 4.90 Å². The molecule has 0 N–H and O–H groups in total. The molecule has 5 nitrogen and oxygen atoms in total. The molecule has 0 bridgehead atoms. The summed E-state index contributed by atoms with van der Waals surface area (Å²) >= 11 is 0. The zero-order valence-electron chi connectivity index (χ0n) is 10.5. The van der Waals surface area contributed by atoms with Crippen LogP contribution in [0.3, 0.4) is 0 Å². The molecule has 0 aromatic carbocycles. The lowest BCUT2D eigenvalue weighted by molar-refractivity contribution is -0.162. The number of carbonyl (C=O) groups excluding carboxylic acids is 1. The lowest BCUT2D eigenvalue weighted by Crippen LogP contribution is -2.56. The first-order chi connectivity index (χ1) is 8.09. The van der Waals surface area contributed by atoms with Gasteiger partial charge >= 0.3 is 0 Å². The summed E-state index contributed by atoms with van der Waals surface area (Å²) in [6.45, 7) is 2.52. The van der Waals surface area contributed by atoms with E-state index in [2.05, 4.69) is 18.0 Å². The lowest BCUT2D eigenvalue weighted by atomic mass is 9.85. The van der Waals surface area contributed by atoms with E-state index in [9.17, 15) is 4.79 Å². The van der Waals surface area contributed by atoms with Crippen LogP contribution in [0.4, 0.5) is 0 Å². The normalized spacial score (nSPS) is 24.8. The van der Waals surface area contributed by atoms with Crippen LogP contribution in [0.5, 0.6) is 0 Å². The van der Waals surface area contributed by atoms with Crippen LogP contribution in [0.25, 0.3) is 0 Å². The van der Waals surface area contributed by atoms with Crippen molar-refractivity contribution < 1.29 is 9.53 Å². The molecule has 2 aliphatic heterocycles. The highest BCUT2D eigenvalue weighted by molar-refractivity contribution is 5.86. The van der Waals surface area contributed by atoms with Gasteiger partial charge in [-0.1, -0.05) is 0 Å². The Labute approximate surface area is 102 Å². The molecule has 0 aromatic heterocycles. The molecule has 0 aliphatic carbocycles. The Bertz CT molecular complexity index is 338. The average Bonchev–Trinajstić information content (AvgIpc) is 2.28. The number of nitriles is 1. The monoisotopic (exact) mass is 237 g/mol. The molecule has 2 heterocycles. The van der Waals surface area contributed by atoms with E-state index < -0.39 is 5.41 Å². The fourth-order valence-corrected chi connectivity index (χ4v) is 2.43. The molecule has 2 rings (SSSR count). The molecule has 2 saturated heterocycles. The predicted molar refractivity (Wildman–Crippen MR) is 62.2 cm³/mol. The van der Waals surface area contributed by atoms with E-state index in [0.717, 1.165) is 25.9 Å². The Kier molecular flexibility index (Phi) is 3.36. The number of piperidine rings is 1. The van der Waals surface area contributed by atoms with Crippen molar-refractivity contribution >= 4 is 5.91 Å². The van der Waals surface area contributed by atoms with Gasteiger partial charge in [-0.2, -0.15) is 5.26 Å². The van der Waals surface area contributed by atoms with Crippen molar-refractivity contribution in [2.24, 2.45) is 5.41 Å². The van der Waals surface area contributed by atoms with Gasteiger partial charge in [-0.15, -0.1) is 0 Å². The number of rotatable bonds is 2. The maximum atomic E-state index is 12.3. The van der Waals surface area contributed by atoms with Gasteiger partial charge in [-0.05, 0) is 33.0 Å². The molecule has 0 unspecified atom stereocenters. The summed E-state index contributed by atoms with van der Waals surface area (Å²) in [5.41, 5.74) is -0.905. The fourth-order valence-electron chi connectivity index (χ4n) is 2.43. The Balaban J connectivity index is 1.98. The standard InChI is InChI=1S/C12H19N3O2/c1-14-5-3-10(4-6-14)15(2)11(16)12(7-13)8-17-9-12/h10H,3-6,8-9H2,1-2H3. The van der Waals surface area contributed by atoms with E-state index in [1.165, 1.54) is 0 Å². The number of carbonyl (C=O) groups is 1. The minimum atomic E-state index is -0.905. The third-order valence-electron chi connectivity index (χ3n) is 3.88. The molecule has 2 fully saturated rings. The number of likely N-dealkylation sites (tertiary alicyclic amines) is 1. The second kappa shape index (κ2) is 4.63. The summed E-state index contributed by atoms with van der Waals surface area (Å²) in [5.74, 6) is -0.0687. The first-order valence-corrected chi connectivity index (χ1v) is 6.04. The molecular weight excluding hydrogens is 218 g/mol. The first-order valence-electron chi connectivity index (χ1n) is 6.04. The Hall–Kier alpha value is -1.12. The second-order valence-electron chi connectivity index (χ2n) is 5.14. The largest absolute Gasteiger partial charge is 0.377 e. The molecule has 17 heavy (non-hydrogen) atoms. The molecule has 0 spiro atoms. The van der Waals surface area contributed by atoms with Crippen LogP contribution in [0, 0.1) is 16.7 Å². The number of nitrogens with zero attached hydrogens (tertiary/aromatic N) is 3. The van der Waals surface area contributed by atoms with Gasteiger partial charge in [-0.25, -0.2) is 0 Å². The molecule has 94 valence electrons. The van der Waals surface area contributed by atoms with Crippen LogP contribution in [0.1, 0.15) is 12.8 Å². The Morgan fingerprint density at radius 3 is 2.47 bits per heavy atom. The van der Waals surface area contributed by atoms with Crippen molar-refractivity contribution in [1.82, 2.24) is 9.80 Å². The van der Waals surface area contributed by atoms with E-state index in [0.29, 0.717) is 0 Å². The second-order valence-corrected chi connectivity index (χ2v) is 5.14. The van der Waals surface area contributed by atoms with Crippen molar-refractivity contribution in [2.75, 3.05) is 40.4 Å². The smallest absolute Gasteiger partial charge is 0.247 e. The third kappa shape index (κ3) is 2.15. The SMILES string of the molecule is CN1CCC(N(C)C(=O)C2(C#N)COC2)CC1. The van der Waals surface area contributed by atoms with Crippen LogP contribution in [-0.4, -0.2) is 62.1 Å². The fraction of sp³-hybridized carbons (Fsp3) is 0.833. The molecule has 0 saturated carbocycles. The Morgan fingerprint density at radius 1 is 1.47 bits per heavy atom. The highest BCUT2D eigenvalue weighted by Crippen LogP contribution is 2.30. The number of amides is 1. The highest BCUT2D eigenvalue weighted by Gasteiger charge is 2.49. The summed E-state index contributed by atoms with van der Waals surface area (Å²) in [6.07, 6.45) is 1.97. The van der Waals surface area contributed by atoms with Crippen LogP contribution in [0.2, 0.25) is 0 Å². The third-order valence-corrected chi connectivity index (χ3v) is 3.88. The van der Waals surface area contributed by atoms with Crippen molar-refractivity contribution in [2.45, 2.75) is 18.9 Å². The first kappa shape index (κ1) is 12.3. The summed E-state index contributed by atoms with van der Waals surface area (Å²) < 4.78 is 5.03. The molecule has 0 atom stereocenters. The quantitative estimate of drug-likeness (QED) is 0.682. The van der Waals surface area contributed by atoms with Gasteiger partial charge < -0.3 is 14.5 Å². The molecule has 1 amide bonds. The summed E-state index contributed by atoms with van der Waals surface area (Å²) in [6, 6.07) is 2.38. The van der Waals surface area contributed by atoms with Crippen LogP contribution in [-0.2, 0) is 9.53 Å². The number of hydrogen-bond donors (Lipinski definition) is 0. The van der Waals surface area contributed by atoms with E-state index in [4.69, 9.17) is 10.00 Å². The van der Waals surface area contributed by atoms with Crippen LogP contribution >= 0.6 is 0 Å². The van der Waals surface area contributed by atoms with E-state index in [1.807, 2.05) is 7.05 Å². The van der Waals surface area contributed by atoms with Gasteiger partial charge in [0.2, 0.25) is 5.91 Å². The zero-order chi connectivity index (χ0) is 12.5. The maximum absolute atomic E-state index is 12.3. The predicted octanol–water partition coefficient (Wildman–Crippen LogP) is 0.0792. The summed E-state index contributed by atoms with van der Waals surface area (Å²) in [4.78, 5) is 16.3. The topological polar surface area (TPSA) is 56.6 Å². The molecule has 5 heteroatoms. The van der Waals surface area contributed by atoms with E-state index >= 15 is 0 Å². The van der Waals surface area contributed by atoms with Crippen molar-refractivity contribution in [1.29, 1.82) is 5.26 Å². The van der Waals surface area contributed by atoms with Crippen molar-refractivity contribution in [3.63, 3.8) is 0 Å². The number of ether oxygens (including phenoxy) is 1. The molecule has 0 aromatic rings. The lowest BCUT2D eigenvalue weighted by Gasteiger charge is -2.41. The minimum absolute atomic E-state index is 0.0687.